The van der Waals surface area contributed by atoms with Crippen LogP contribution in [0.2, 0.25) is 0 Å². The molecule has 3 N–H and O–H groups in total. The van der Waals surface area contributed by atoms with Crippen LogP contribution in [0.3, 0.4) is 0 Å². The highest BCUT2D eigenvalue weighted by Gasteiger charge is 2.77. The highest BCUT2D eigenvalue weighted by molar-refractivity contribution is 9.09. The minimum atomic E-state index is -1.11. The number of hydrogen-bond acceptors (Lipinski definition) is 5. The summed E-state index contributed by atoms with van der Waals surface area (Å²) in [5.74, 6) is -2.29. The fourth-order valence-corrected chi connectivity index (χ4v) is 7.37. The molecule has 1 aromatic rings. The number of aliphatic hydroxyl groups is 1. The number of ether oxygens (including phenoxy) is 1. The lowest BCUT2D eigenvalue weighted by molar-refractivity contribution is -0.147. The molecule has 3 amide bonds. The van der Waals surface area contributed by atoms with Crippen molar-refractivity contribution >= 4 is 33.7 Å². The number of aliphatic hydroxyl groups excluding tert-OH is 1. The van der Waals surface area contributed by atoms with Gasteiger partial charge in [0.2, 0.25) is 17.7 Å². The summed E-state index contributed by atoms with van der Waals surface area (Å²) in [6.45, 7) is 6.69. The van der Waals surface area contributed by atoms with Crippen molar-refractivity contribution in [1.82, 2.24) is 15.5 Å². The van der Waals surface area contributed by atoms with E-state index in [4.69, 9.17) is 4.74 Å². The summed E-state index contributed by atoms with van der Waals surface area (Å²) in [6.07, 6.45) is 3.58. The molecule has 1 spiro atoms. The number of halogens is 1. The van der Waals surface area contributed by atoms with Gasteiger partial charge in [-0.25, -0.2) is 0 Å². The minimum absolute atomic E-state index is 0.0260. The Balaban J connectivity index is 1.65. The van der Waals surface area contributed by atoms with Crippen molar-refractivity contribution < 1.29 is 24.2 Å². The van der Waals surface area contributed by atoms with Gasteiger partial charge in [-0.15, -0.1) is 0 Å². The van der Waals surface area contributed by atoms with Crippen LogP contribution < -0.4 is 10.6 Å². The van der Waals surface area contributed by atoms with Crippen LogP contribution in [-0.2, 0) is 25.7 Å². The largest absolute Gasteiger partial charge is 0.394 e. The first-order valence-electron chi connectivity index (χ1n) is 13.6. The van der Waals surface area contributed by atoms with Crippen molar-refractivity contribution in [1.29, 1.82) is 0 Å². The van der Waals surface area contributed by atoms with Crippen LogP contribution in [0.5, 0.6) is 0 Å². The molecule has 0 saturated carbocycles. The summed E-state index contributed by atoms with van der Waals surface area (Å²) in [7, 11) is 0. The molecular weight excluding hydrogens is 538 g/mol. The van der Waals surface area contributed by atoms with Gasteiger partial charge >= 0.3 is 0 Å². The molecule has 3 saturated heterocycles. The predicted molar refractivity (Wildman–Crippen MR) is 144 cm³/mol. The molecule has 3 heterocycles. The third kappa shape index (κ3) is 5.06. The second kappa shape index (κ2) is 11.8. The second-order valence-electron chi connectivity index (χ2n) is 10.7. The quantitative estimate of drug-likeness (QED) is 0.261. The SMILES string of the molecule is CCCCCNC(=O)C1N([C@@H](CO)[C@@H](C)CC)C(=O)[C@@H]2[C@@H](C(=O)NCc3ccccc3)[C@@H]3OC12CC3Br. The van der Waals surface area contributed by atoms with E-state index in [9.17, 15) is 19.5 Å². The van der Waals surface area contributed by atoms with E-state index in [1.54, 1.807) is 4.90 Å². The van der Waals surface area contributed by atoms with Gasteiger partial charge in [0.25, 0.3) is 0 Å². The van der Waals surface area contributed by atoms with Crippen molar-refractivity contribution in [2.45, 2.75) is 88.0 Å². The third-order valence-corrected chi connectivity index (χ3v) is 9.36. The Labute approximate surface area is 228 Å². The second-order valence-corrected chi connectivity index (χ2v) is 11.9. The molecule has 204 valence electrons. The van der Waals surface area contributed by atoms with Crippen LogP contribution in [0.15, 0.2) is 30.3 Å². The van der Waals surface area contributed by atoms with E-state index in [1.165, 1.54) is 0 Å². The monoisotopic (exact) mass is 577 g/mol. The van der Waals surface area contributed by atoms with Gasteiger partial charge in [0.15, 0.2) is 0 Å². The number of rotatable bonds is 12. The molecule has 1 aromatic carbocycles. The van der Waals surface area contributed by atoms with Crippen LogP contribution >= 0.6 is 15.9 Å². The van der Waals surface area contributed by atoms with E-state index < -0.39 is 35.6 Å². The fraction of sp³-hybridized carbons (Fsp3) is 0.679. The summed E-state index contributed by atoms with van der Waals surface area (Å²) in [4.78, 5) is 42.8. The van der Waals surface area contributed by atoms with E-state index >= 15 is 0 Å². The molecule has 3 aliphatic heterocycles. The molecule has 3 unspecified atom stereocenters. The minimum Gasteiger partial charge on any atom is -0.394 e. The fourth-order valence-electron chi connectivity index (χ4n) is 6.42. The van der Waals surface area contributed by atoms with E-state index in [1.807, 2.05) is 44.2 Å². The van der Waals surface area contributed by atoms with Gasteiger partial charge < -0.3 is 25.4 Å². The summed E-state index contributed by atoms with van der Waals surface area (Å²) in [5.41, 5.74) is -0.147. The van der Waals surface area contributed by atoms with Crippen molar-refractivity contribution in [2.24, 2.45) is 17.8 Å². The molecule has 0 aromatic heterocycles. The van der Waals surface area contributed by atoms with Crippen molar-refractivity contribution in [2.75, 3.05) is 13.2 Å². The zero-order valence-electron chi connectivity index (χ0n) is 22.0. The molecule has 0 radical (unpaired) electrons. The Hall–Kier alpha value is -1.97. The molecule has 2 bridgehead atoms. The zero-order valence-corrected chi connectivity index (χ0v) is 23.6. The van der Waals surface area contributed by atoms with E-state index in [0.717, 1.165) is 31.2 Å². The normalized spacial score (nSPS) is 31.8. The number of nitrogens with zero attached hydrogens (tertiary/aromatic N) is 1. The number of fused-ring (bicyclic) bond motifs is 1. The number of benzene rings is 1. The average molecular weight is 579 g/mol. The Morgan fingerprint density at radius 1 is 1.19 bits per heavy atom. The third-order valence-electron chi connectivity index (χ3n) is 8.51. The smallest absolute Gasteiger partial charge is 0.245 e. The van der Waals surface area contributed by atoms with Gasteiger partial charge in [-0.3, -0.25) is 14.4 Å². The number of carbonyl (C=O) groups is 3. The molecular formula is C28H40BrN3O5. The predicted octanol–water partition coefficient (Wildman–Crippen LogP) is 2.76. The van der Waals surface area contributed by atoms with Crippen molar-refractivity contribution in [3.05, 3.63) is 35.9 Å². The molecule has 8 atom stereocenters. The molecule has 3 fully saturated rings. The van der Waals surface area contributed by atoms with Crippen LogP contribution in [0, 0.1) is 17.8 Å². The van der Waals surface area contributed by atoms with E-state index in [-0.39, 0.29) is 35.1 Å². The molecule has 8 nitrogen and oxygen atoms in total. The van der Waals surface area contributed by atoms with Crippen LogP contribution in [0.25, 0.3) is 0 Å². The van der Waals surface area contributed by atoms with Gasteiger partial charge in [-0.05, 0) is 24.3 Å². The van der Waals surface area contributed by atoms with Gasteiger partial charge in [0, 0.05) is 17.9 Å². The number of hydrogen-bond donors (Lipinski definition) is 3. The maximum absolute atomic E-state index is 14.1. The number of alkyl halides is 1. The Morgan fingerprint density at radius 2 is 1.92 bits per heavy atom. The van der Waals surface area contributed by atoms with Crippen molar-refractivity contribution in [3.8, 4) is 0 Å². The standard InChI is InChI=1S/C28H40BrN3O5/c1-4-6-10-13-30-26(35)24-28-14-19(29)23(37-28)21(25(34)31-15-18-11-8-7-9-12-18)22(28)27(36)32(24)20(16-33)17(3)5-2/h7-9,11-12,17,19-24,33H,4-6,10,13-16H2,1-3H3,(H,30,35)(H,31,34)/t17-,19?,20-,21+,22-,23+,24?,28?/m0/s1. The molecule has 37 heavy (non-hydrogen) atoms. The number of unbranched alkanes of at least 4 members (excludes halogenated alkanes) is 2. The van der Waals surface area contributed by atoms with E-state index in [2.05, 4.69) is 33.5 Å². The first kappa shape index (κ1) is 28.0. The maximum Gasteiger partial charge on any atom is 0.245 e. The van der Waals surface area contributed by atoms with Crippen molar-refractivity contribution in [3.63, 3.8) is 0 Å². The van der Waals surface area contributed by atoms with Crippen LogP contribution in [0.4, 0.5) is 0 Å². The first-order chi connectivity index (χ1) is 17.8. The Kier molecular flexibility index (Phi) is 8.96. The molecule has 3 aliphatic rings. The van der Waals surface area contributed by atoms with Gasteiger partial charge in [-0.1, -0.05) is 86.3 Å². The average Bonchev–Trinajstić information content (AvgIpc) is 3.49. The van der Waals surface area contributed by atoms with Crippen LogP contribution in [-0.4, -0.2) is 69.5 Å². The Morgan fingerprint density at radius 3 is 2.57 bits per heavy atom. The topological polar surface area (TPSA) is 108 Å². The Bertz CT molecular complexity index is 978. The number of nitrogens with one attached hydrogen (secondary N) is 2. The summed E-state index contributed by atoms with van der Waals surface area (Å²) >= 11 is 3.70. The summed E-state index contributed by atoms with van der Waals surface area (Å²) in [5, 5.41) is 16.4. The lowest BCUT2D eigenvalue weighted by Gasteiger charge is -2.38. The lowest BCUT2D eigenvalue weighted by atomic mass is 9.70. The van der Waals surface area contributed by atoms with E-state index in [0.29, 0.717) is 19.5 Å². The highest BCUT2D eigenvalue weighted by atomic mass is 79.9. The highest BCUT2D eigenvalue weighted by Crippen LogP contribution is 2.60. The van der Waals surface area contributed by atoms with Gasteiger partial charge in [-0.2, -0.15) is 0 Å². The number of carbonyl (C=O) groups excluding carboxylic acids is 3. The van der Waals surface area contributed by atoms with Gasteiger partial charge in [0.05, 0.1) is 30.6 Å². The maximum atomic E-state index is 14.1. The zero-order chi connectivity index (χ0) is 26.7. The lowest BCUT2D eigenvalue weighted by Crippen LogP contribution is -2.59. The first-order valence-corrected chi connectivity index (χ1v) is 14.6. The molecule has 4 rings (SSSR count). The molecule has 0 aliphatic carbocycles. The summed E-state index contributed by atoms with van der Waals surface area (Å²) < 4.78 is 6.54. The molecule has 9 heteroatoms. The number of amides is 3. The van der Waals surface area contributed by atoms with Crippen LogP contribution in [0.1, 0.15) is 58.4 Å². The number of likely N-dealkylation sites (tertiary alicyclic amines) is 1. The van der Waals surface area contributed by atoms with Gasteiger partial charge in [0.1, 0.15) is 11.6 Å². The summed E-state index contributed by atoms with van der Waals surface area (Å²) in [6, 6.07) is 8.19.